The molecule has 1 fully saturated rings. The van der Waals surface area contributed by atoms with Gasteiger partial charge in [-0.2, -0.15) is 0 Å². The number of carbonyl (C=O) groups excluding carboxylic acids is 1. The molecule has 0 atom stereocenters. The third-order valence-electron chi connectivity index (χ3n) is 3.81. The molecule has 2 N–H and O–H groups in total. The highest BCUT2D eigenvalue weighted by Crippen LogP contribution is 2.28. The van der Waals surface area contributed by atoms with Gasteiger partial charge in [0.25, 0.3) is 0 Å². The van der Waals surface area contributed by atoms with Crippen LogP contribution in [0, 0.1) is 5.92 Å². The molecule has 0 spiro atoms. The Morgan fingerprint density at radius 3 is 2.65 bits per heavy atom. The van der Waals surface area contributed by atoms with Crippen LogP contribution in [0.1, 0.15) is 44.6 Å². The second-order valence-corrected chi connectivity index (χ2v) is 5.34. The SMILES string of the molecule is CCNCc1ccccc1NC(=O)CC1CCCC1.Cl. The van der Waals surface area contributed by atoms with E-state index in [2.05, 4.69) is 23.6 Å². The first kappa shape index (κ1) is 17.0. The van der Waals surface area contributed by atoms with Crippen molar-refractivity contribution in [2.45, 2.75) is 45.6 Å². The summed E-state index contributed by atoms with van der Waals surface area (Å²) < 4.78 is 0. The van der Waals surface area contributed by atoms with Gasteiger partial charge < -0.3 is 10.6 Å². The molecule has 2 rings (SSSR count). The van der Waals surface area contributed by atoms with Crippen LogP contribution in [0.4, 0.5) is 5.69 Å². The lowest BCUT2D eigenvalue weighted by molar-refractivity contribution is -0.117. The number of halogens is 1. The number of hydrogen-bond acceptors (Lipinski definition) is 2. The molecule has 0 saturated heterocycles. The Morgan fingerprint density at radius 2 is 1.95 bits per heavy atom. The molecule has 0 unspecified atom stereocenters. The third kappa shape index (κ3) is 5.14. The third-order valence-corrected chi connectivity index (χ3v) is 3.81. The number of carbonyl (C=O) groups is 1. The van der Waals surface area contributed by atoms with Gasteiger partial charge in [0.2, 0.25) is 5.91 Å². The fraction of sp³-hybridized carbons (Fsp3) is 0.562. The maximum absolute atomic E-state index is 12.1. The zero-order valence-corrected chi connectivity index (χ0v) is 13.0. The van der Waals surface area contributed by atoms with Gasteiger partial charge in [-0.25, -0.2) is 0 Å². The Morgan fingerprint density at radius 1 is 1.25 bits per heavy atom. The van der Waals surface area contributed by atoms with Crippen molar-refractivity contribution in [3.05, 3.63) is 29.8 Å². The second-order valence-electron chi connectivity index (χ2n) is 5.34. The highest BCUT2D eigenvalue weighted by Gasteiger charge is 2.18. The van der Waals surface area contributed by atoms with Crippen molar-refractivity contribution >= 4 is 24.0 Å². The Balaban J connectivity index is 0.00000200. The van der Waals surface area contributed by atoms with Crippen LogP contribution in [0.3, 0.4) is 0 Å². The summed E-state index contributed by atoms with van der Waals surface area (Å²) in [6.45, 7) is 3.82. The van der Waals surface area contributed by atoms with Crippen LogP contribution in [0.2, 0.25) is 0 Å². The standard InChI is InChI=1S/C16H24N2O.ClH/c1-2-17-12-14-9-5-6-10-15(14)18-16(19)11-13-7-3-4-8-13;/h5-6,9-10,13,17H,2-4,7-8,11-12H2,1H3,(H,18,19);1H. The molecular formula is C16H25ClN2O. The summed E-state index contributed by atoms with van der Waals surface area (Å²) in [6, 6.07) is 8.03. The van der Waals surface area contributed by atoms with Gasteiger partial charge in [0.05, 0.1) is 0 Å². The number of benzene rings is 1. The lowest BCUT2D eigenvalue weighted by Gasteiger charge is -2.13. The monoisotopic (exact) mass is 296 g/mol. The van der Waals surface area contributed by atoms with Crippen molar-refractivity contribution in [1.29, 1.82) is 0 Å². The Bertz CT molecular complexity index is 417. The van der Waals surface area contributed by atoms with Gasteiger partial charge in [-0.15, -0.1) is 12.4 Å². The minimum Gasteiger partial charge on any atom is -0.326 e. The summed E-state index contributed by atoms with van der Waals surface area (Å²) in [6.07, 6.45) is 5.68. The van der Waals surface area contributed by atoms with E-state index in [1.807, 2.05) is 18.2 Å². The van der Waals surface area contributed by atoms with Crippen LogP contribution in [0.5, 0.6) is 0 Å². The van der Waals surface area contributed by atoms with E-state index in [9.17, 15) is 4.79 Å². The molecule has 20 heavy (non-hydrogen) atoms. The van der Waals surface area contributed by atoms with Gasteiger partial charge in [0.15, 0.2) is 0 Å². The number of para-hydroxylation sites is 1. The zero-order chi connectivity index (χ0) is 13.5. The molecule has 1 saturated carbocycles. The van der Waals surface area contributed by atoms with Gasteiger partial charge in [-0.05, 0) is 36.9 Å². The largest absolute Gasteiger partial charge is 0.326 e. The van der Waals surface area contributed by atoms with Crippen LogP contribution in [0.15, 0.2) is 24.3 Å². The molecule has 1 amide bonds. The van der Waals surface area contributed by atoms with Crippen LogP contribution in [-0.2, 0) is 11.3 Å². The first-order valence-electron chi connectivity index (χ1n) is 7.38. The maximum atomic E-state index is 12.1. The predicted molar refractivity (Wildman–Crippen MR) is 86.3 cm³/mol. The normalized spacial score (nSPS) is 14.8. The lowest BCUT2D eigenvalue weighted by Crippen LogP contribution is -2.18. The quantitative estimate of drug-likeness (QED) is 0.840. The van der Waals surface area contributed by atoms with Crippen LogP contribution in [0.25, 0.3) is 0 Å². The molecule has 3 nitrogen and oxygen atoms in total. The van der Waals surface area contributed by atoms with E-state index in [0.29, 0.717) is 12.3 Å². The fourth-order valence-electron chi connectivity index (χ4n) is 2.73. The van der Waals surface area contributed by atoms with Crippen LogP contribution in [-0.4, -0.2) is 12.5 Å². The topological polar surface area (TPSA) is 41.1 Å². The van der Waals surface area contributed by atoms with E-state index in [4.69, 9.17) is 0 Å². The first-order valence-corrected chi connectivity index (χ1v) is 7.38. The number of amides is 1. The molecule has 112 valence electrons. The molecule has 0 aliphatic heterocycles. The van der Waals surface area contributed by atoms with E-state index >= 15 is 0 Å². The molecule has 0 bridgehead atoms. The lowest BCUT2D eigenvalue weighted by atomic mass is 10.0. The second kappa shape index (κ2) is 8.98. The van der Waals surface area contributed by atoms with Crippen molar-refractivity contribution in [2.24, 2.45) is 5.92 Å². The number of anilines is 1. The van der Waals surface area contributed by atoms with Gasteiger partial charge in [-0.1, -0.05) is 38.0 Å². The molecule has 0 radical (unpaired) electrons. The summed E-state index contributed by atoms with van der Waals surface area (Å²) in [5.74, 6) is 0.761. The average molecular weight is 297 g/mol. The zero-order valence-electron chi connectivity index (χ0n) is 12.2. The minimum absolute atomic E-state index is 0. The predicted octanol–water partition coefficient (Wildman–Crippen LogP) is 3.74. The van der Waals surface area contributed by atoms with Gasteiger partial charge in [0, 0.05) is 18.7 Å². The van der Waals surface area contributed by atoms with Crippen molar-refractivity contribution in [2.75, 3.05) is 11.9 Å². The van der Waals surface area contributed by atoms with E-state index in [0.717, 1.165) is 24.3 Å². The Labute approximate surface area is 127 Å². The van der Waals surface area contributed by atoms with E-state index in [-0.39, 0.29) is 18.3 Å². The fourth-order valence-corrected chi connectivity index (χ4v) is 2.73. The Hall–Kier alpha value is -1.06. The summed E-state index contributed by atoms with van der Waals surface area (Å²) in [7, 11) is 0. The number of rotatable bonds is 6. The summed E-state index contributed by atoms with van der Waals surface area (Å²) >= 11 is 0. The van der Waals surface area contributed by atoms with Crippen molar-refractivity contribution in [3.63, 3.8) is 0 Å². The summed E-state index contributed by atoms with van der Waals surface area (Å²) in [4.78, 5) is 12.1. The van der Waals surface area contributed by atoms with Gasteiger partial charge in [-0.3, -0.25) is 4.79 Å². The van der Waals surface area contributed by atoms with E-state index in [1.165, 1.54) is 25.7 Å². The average Bonchev–Trinajstić information content (AvgIpc) is 2.90. The molecule has 1 aliphatic carbocycles. The highest BCUT2D eigenvalue weighted by molar-refractivity contribution is 5.91. The van der Waals surface area contributed by atoms with Crippen molar-refractivity contribution in [3.8, 4) is 0 Å². The van der Waals surface area contributed by atoms with Gasteiger partial charge in [0.1, 0.15) is 0 Å². The van der Waals surface area contributed by atoms with Crippen LogP contribution >= 0.6 is 12.4 Å². The van der Waals surface area contributed by atoms with E-state index in [1.54, 1.807) is 0 Å². The highest BCUT2D eigenvalue weighted by atomic mass is 35.5. The number of nitrogens with one attached hydrogen (secondary N) is 2. The van der Waals surface area contributed by atoms with Crippen molar-refractivity contribution in [1.82, 2.24) is 5.32 Å². The molecule has 1 aromatic carbocycles. The molecule has 4 heteroatoms. The Kier molecular flexibility index (Phi) is 7.63. The molecular weight excluding hydrogens is 272 g/mol. The van der Waals surface area contributed by atoms with Gasteiger partial charge >= 0.3 is 0 Å². The molecule has 0 aromatic heterocycles. The van der Waals surface area contributed by atoms with E-state index < -0.39 is 0 Å². The molecule has 1 aromatic rings. The first-order chi connectivity index (χ1) is 9.29. The summed E-state index contributed by atoms with van der Waals surface area (Å²) in [5, 5.41) is 6.37. The molecule has 1 aliphatic rings. The van der Waals surface area contributed by atoms with Crippen molar-refractivity contribution < 1.29 is 4.79 Å². The summed E-state index contributed by atoms with van der Waals surface area (Å²) in [5.41, 5.74) is 2.11. The molecule has 0 heterocycles. The minimum atomic E-state index is 0. The van der Waals surface area contributed by atoms with Crippen LogP contribution < -0.4 is 10.6 Å². The number of hydrogen-bond donors (Lipinski definition) is 2. The smallest absolute Gasteiger partial charge is 0.224 e. The maximum Gasteiger partial charge on any atom is 0.224 e.